The lowest BCUT2D eigenvalue weighted by Gasteiger charge is -2.16. The van der Waals surface area contributed by atoms with Crippen molar-refractivity contribution < 1.29 is 22.3 Å². The summed E-state index contributed by atoms with van der Waals surface area (Å²) in [7, 11) is -3.92. The molecule has 0 fully saturated rings. The Morgan fingerprint density at radius 2 is 2.05 bits per heavy atom. The van der Waals surface area contributed by atoms with E-state index in [1.54, 1.807) is 0 Å². The van der Waals surface area contributed by atoms with E-state index in [0.29, 0.717) is 18.3 Å². The van der Waals surface area contributed by atoms with E-state index in [1.807, 2.05) is 0 Å². The van der Waals surface area contributed by atoms with Gasteiger partial charge in [0.25, 0.3) is 0 Å². The van der Waals surface area contributed by atoms with Crippen molar-refractivity contribution in [3.05, 3.63) is 0 Å². The molecule has 0 amide bonds. The Morgan fingerprint density at radius 3 is 2.58 bits per heavy atom. The molecule has 2 atom stereocenters. The zero-order chi connectivity index (χ0) is 14.5. The lowest BCUT2D eigenvalue weighted by atomic mass is 9.97. The second-order valence-electron chi connectivity index (χ2n) is 5.26. The van der Waals surface area contributed by atoms with Gasteiger partial charge in [0.15, 0.2) is 12.6 Å². The Balaban J connectivity index is 0.000000312. The average Bonchev–Trinajstić information content (AvgIpc) is 2.69. The molecule has 2 heterocycles. The lowest BCUT2D eigenvalue weighted by molar-refractivity contribution is -0.528. The molecule has 0 aromatic heterocycles. The van der Waals surface area contributed by atoms with Crippen LogP contribution in [0.1, 0.15) is 46.0 Å². The molecule has 0 aliphatic carbocycles. The van der Waals surface area contributed by atoms with Gasteiger partial charge < -0.3 is 9.29 Å². The normalized spacial score (nSPS) is 26.3. The van der Waals surface area contributed by atoms with Crippen LogP contribution in [0.5, 0.6) is 0 Å². The van der Waals surface area contributed by atoms with E-state index in [1.165, 1.54) is 44.5 Å². The van der Waals surface area contributed by atoms with Gasteiger partial charge in [-0.1, -0.05) is 20.3 Å². The molecule has 2 rings (SSSR count). The molecule has 2 aliphatic rings. The van der Waals surface area contributed by atoms with Gasteiger partial charge in [-0.3, -0.25) is 0 Å². The molecular formula is C13H25NO4S. The van der Waals surface area contributed by atoms with Gasteiger partial charge in [-0.15, -0.1) is 0 Å². The molecule has 0 spiro atoms. The molecule has 0 saturated carbocycles. The minimum Gasteiger partial charge on any atom is -0.748 e. The lowest BCUT2D eigenvalue weighted by Crippen LogP contribution is -2.29. The van der Waals surface area contributed by atoms with Crippen molar-refractivity contribution in [2.45, 2.75) is 52.1 Å². The van der Waals surface area contributed by atoms with E-state index in [-0.39, 0.29) is 0 Å². The third-order valence-electron chi connectivity index (χ3n) is 3.46. The maximum Gasteiger partial charge on any atom is 0.340 e. The van der Waals surface area contributed by atoms with Crippen molar-refractivity contribution in [2.75, 3.05) is 19.3 Å². The quantitative estimate of drug-likeness (QED) is 0.585. The van der Waals surface area contributed by atoms with Gasteiger partial charge in [-0.25, -0.2) is 8.42 Å². The van der Waals surface area contributed by atoms with E-state index in [9.17, 15) is 0 Å². The molecule has 0 bridgehead atoms. The zero-order valence-electron chi connectivity index (χ0n) is 12.1. The minimum atomic E-state index is -3.92. The smallest absolute Gasteiger partial charge is 0.340 e. The first-order chi connectivity index (χ1) is 8.85. The molecule has 0 aromatic carbocycles. The van der Waals surface area contributed by atoms with Crippen LogP contribution in [0.25, 0.3) is 0 Å². The van der Waals surface area contributed by atoms with Crippen molar-refractivity contribution in [2.24, 2.45) is 5.92 Å². The molecule has 0 N–H and O–H groups in total. The highest BCUT2D eigenvalue weighted by Gasteiger charge is 2.39. The van der Waals surface area contributed by atoms with Gasteiger partial charge in [0.05, 0.1) is 16.0 Å². The predicted octanol–water partition coefficient (Wildman–Crippen LogP) is 1.58. The molecule has 2 aliphatic heterocycles. The summed E-state index contributed by atoms with van der Waals surface area (Å²) in [5.41, 5.74) is 0. The van der Waals surface area contributed by atoms with Gasteiger partial charge in [-0.2, -0.15) is 4.58 Å². The topological polar surface area (TPSA) is 69.4 Å². The Kier molecular flexibility index (Phi) is 6.26. The van der Waals surface area contributed by atoms with Crippen LogP contribution in [0.2, 0.25) is 0 Å². The van der Waals surface area contributed by atoms with Crippen molar-refractivity contribution in [3.63, 3.8) is 0 Å². The van der Waals surface area contributed by atoms with Crippen LogP contribution in [-0.4, -0.2) is 48.9 Å². The van der Waals surface area contributed by atoms with Crippen LogP contribution in [0, 0.1) is 5.92 Å². The molecule has 2 unspecified atom stereocenters. The highest BCUT2D eigenvalue weighted by Crippen LogP contribution is 2.24. The standard InChI is InChI=1S/C12H22NO.CH4O3S/c1-3-6-11-9-13-8-5-7-10(4-2)12(13)14-11;1-5(2,3)4/h10-11H,3-9H2,1-2H3;1H3,(H,2,3,4)/q+1;/p-1. The Hall–Kier alpha value is -0.620. The fourth-order valence-corrected chi connectivity index (χ4v) is 2.68. The predicted molar refractivity (Wildman–Crippen MR) is 73.4 cm³/mol. The molecule has 6 heteroatoms. The molecule has 0 aromatic rings. The van der Waals surface area contributed by atoms with E-state index in [4.69, 9.17) is 17.7 Å². The fourth-order valence-electron chi connectivity index (χ4n) is 2.68. The van der Waals surface area contributed by atoms with Crippen molar-refractivity contribution in [1.29, 1.82) is 0 Å². The number of nitrogens with zero attached hydrogens (tertiary/aromatic N) is 1. The second-order valence-corrected chi connectivity index (χ2v) is 6.67. The summed E-state index contributed by atoms with van der Waals surface area (Å²) in [6.07, 6.45) is 7.48. The van der Waals surface area contributed by atoms with Gasteiger partial charge in [-0.05, 0) is 19.3 Å². The number of hydrogen-bond acceptors (Lipinski definition) is 4. The summed E-state index contributed by atoms with van der Waals surface area (Å²) in [6, 6.07) is 0. The Bertz CT molecular complexity index is 408. The summed E-state index contributed by atoms with van der Waals surface area (Å²) in [4.78, 5) is 0. The molecule has 0 radical (unpaired) electrons. The van der Waals surface area contributed by atoms with Crippen molar-refractivity contribution >= 4 is 16.0 Å². The number of hydrogen-bond donors (Lipinski definition) is 0. The van der Waals surface area contributed by atoms with Gasteiger partial charge in [0.2, 0.25) is 0 Å². The molecule has 112 valence electrons. The summed E-state index contributed by atoms with van der Waals surface area (Å²) in [6.45, 7) is 6.89. The van der Waals surface area contributed by atoms with E-state index in [0.717, 1.165) is 6.54 Å². The second kappa shape index (κ2) is 7.24. The summed E-state index contributed by atoms with van der Waals surface area (Å²) in [5, 5.41) is 0. The van der Waals surface area contributed by atoms with E-state index in [2.05, 4.69) is 18.4 Å². The first-order valence-electron chi connectivity index (χ1n) is 7.04. The van der Waals surface area contributed by atoms with Crippen LogP contribution in [0.3, 0.4) is 0 Å². The van der Waals surface area contributed by atoms with Crippen LogP contribution in [0.4, 0.5) is 0 Å². The average molecular weight is 291 g/mol. The first kappa shape index (κ1) is 16.4. The Labute approximate surface area is 116 Å². The van der Waals surface area contributed by atoms with Crippen LogP contribution >= 0.6 is 0 Å². The largest absolute Gasteiger partial charge is 0.748 e. The summed E-state index contributed by atoms with van der Waals surface area (Å²) in [5.74, 6) is 2.03. The number of ether oxygens (including phenoxy) is 1. The molecule has 19 heavy (non-hydrogen) atoms. The van der Waals surface area contributed by atoms with Gasteiger partial charge in [0.1, 0.15) is 6.54 Å². The van der Waals surface area contributed by atoms with Crippen molar-refractivity contribution in [1.82, 2.24) is 0 Å². The minimum absolute atomic E-state index is 0.488. The molecule has 5 nitrogen and oxygen atoms in total. The molecule has 0 saturated heterocycles. The number of rotatable bonds is 3. The first-order valence-corrected chi connectivity index (χ1v) is 8.86. The highest BCUT2D eigenvalue weighted by molar-refractivity contribution is 7.84. The fraction of sp³-hybridized carbons (Fsp3) is 0.923. The van der Waals surface area contributed by atoms with E-state index >= 15 is 0 Å². The Morgan fingerprint density at radius 1 is 1.42 bits per heavy atom. The molecular weight excluding hydrogens is 266 g/mol. The maximum absolute atomic E-state index is 9.08. The third kappa shape index (κ3) is 5.91. The maximum atomic E-state index is 9.08. The third-order valence-corrected chi connectivity index (χ3v) is 3.46. The summed E-state index contributed by atoms with van der Waals surface area (Å²) < 4.78 is 35.8. The van der Waals surface area contributed by atoms with Crippen LogP contribution in [0.15, 0.2) is 0 Å². The summed E-state index contributed by atoms with van der Waals surface area (Å²) >= 11 is 0. The SMILES string of the molecule is CCCC1C[N+]2=C(O1)C(CC)CCC2.CS(=O)(=O)[O-]. The monoisotopic (exact) mass is 291 g/mol. The van der Waals surface area contributed by atoms with Gasteiger partial charge >= 0.3 is 5.90 Å². The zero-order valence-corrected chi connectivity index (χ0v) is 12.9. The van der Waals surface area contributed by atoms with Crippen molar-refractivity contribution in [3.8, 4) is 0 Å². The van der Waals surface area contributed by atoms with Crippen LogP contribution < -0.4 is 0 Å². The van der Waals surface area contributed by atoms with E-state index < -0.39 is 10.1 Å². The van der Waals surface area contributed by atoms with Gasteiger partial charge in [0, 0.05) is 12.7 Å². The highest BCUT2D eigenvalue weighted by atomic mass is 32.2. The van der Waals surface area contributed by atoms with Crippen LogP contribution in [-0.2, 0) is 14.9 Å².